The summed E-state index contributed by atoms with van der Waals surface area (Å²) in [7, 11) is 0. The lowest BCUT2D eigenvalue weighted by Crippen LogP contribution is -2.01. The van der Waals surface area contributed by atoms with Gasteiger partial charge in [-0.2, -0.15) is 10.2 Å². The van der Waals surface area contributed by atoms with Crippen LogP contribution in [0.3, 0.4) is 0 Å². The maximum atomic E-state index is 10.2. The lowest BCUT2D eigenvalue weighted by molar-refractivity contribution is 0.372. The van der Waals surface area contributed by atoms with E-state index in [1.54, 1.807) is 0 Å². The van der Waals surface area contributed by atoms with Crippen LogP contribution in [0.25, 0.3) is 0 Å². The Morgan fingerprint density at radius 1 is 1.75 bits per heavy atom. The molecule has 0 spiro atoms. The lowest BCUT2D eigenvalue weighted by Gasteiger charge is -1.84. The van der Waals surface area contributed by atoms with Crippen LogP contribution in [0.1, 0.15) is 0 Å². The van der Waals surface area contributed by atoms with Gasteiger partial charge in [-0.1, -0.05) is 6.08 Å². The Labute approximate surface area is 50.1 Å². The van der Waals surface area contributed by atoms with E-state index in [1.807, 2.05) is 0 Å². The van der Waals surface area contributed by atoms with Gasteiger partial charge in [0.1, 0.15) is 0 Å². The molecule has 0 aliphatic rings. The number of hydrogen-bond acceptors (Lipinski definition) is 4. The minimum Gasteiger partial charge on any atom is -0.327 e. The predicted octanol–water partition coefficient (Wildman–Crippen LogP) is -0.987. The molecule has 0 aliphatic carbocycles. The quantitative estimate of drug-likeness (QED) is 0.488. The molecule has 1 atom stereocenters. The highest BCUT2D eigenvalue weighted by Crippen LogP contribution is 1.79. The van der Waals surface area contributed by atoms with E-state index < -0.39 is 11.1 Å². The molecule has 0 aliphatic heterocycles. The SMILES string of the molecule is NC/C=C/S(=O)ON. The van der Waals surface area contributed by atoms with Crippen molar-refractivity contribution in [2.45, 2.75) is 0 Å². The van der Waals surface area contributed by atoms with E-state index in [9.17, 15) is 4.21 Å². The Morgan fingerprint density at radius 2 is 2.38 bits per heavy atom. The Kier molecular flexibility index (Phi) is 4.78. The van der Waals surface area contributed by atoms with Crippen molar-refractivity contribution in [1.29, 1.82) is 0 Å². The molecule has 0 heterocycles. The van der Waals surface area contributed by atoms with Crippen LogP contribution < -0.4 is 11.6 Å². The highest BCUT2D eigenvalue weighted by molar-refractivity contribution is 7.83. The third-order valence-electron chi connectivity index (χ3n) is 0.438. The van der Waals surface area contributed by atoms with Crippen LogP contribution in [0.2, 0.25) is 0 Å². The minimum atomic E-state index is -1.51. The molecule has 0 radical (unpaired) electrons. The van der Waals surface area contributed by atoms with Gasteiger partial charge in [0.2, 0.25) is 0 Å². The first-order valence-corrected chi connectivity index (χ1v) is 3.09. The molecule has 4 nitrogen and oxygen atoms in total. The van der Waals surface area contributed by atoms with Crippen LogP contribution in [-0.2, 0) is 15.4 Å². The van der Waals surface area contributed by atoms with Crippen molar-refractivity contribution in [3.8, 4) is 0 Å². The number of rotatable bonds is 3. The highest BCUT2D eigenvalue weighted by Gasteiger charge is 1.83. The summed E-state index contributed by atoms with van der Waals surface area (Å²) >= 11 is -1.51. The Morgan fingerprint density at radius 3 is 2.75 bits per heavy atom. The molecular weight excluding hydrogens is 128 g/mol. The van der Waals surface area contributed by atoms with Gasteiger partial charge < -0.3 is 5.73 Å². The van der Waals surface area contributed by atoms with Gasteiger partial charge in [0.25, 0.3) is 0 Å². The first kappa shape index (κ1) is 7.77. The topological polar surface area (TPSA) is 78.3 Å². The number of hydrogen-bond donors (Lipinski definition) is 2. The Balaban J connectivity index is 3.37. The lowest BCUT2D eigenvalue weighted by atomic mass is 10.7. The molecule has 5 heteroatoms. The maximum Gasteiger partial charge on any atom is 0.198 e. The largest absolute Gasteiger partial charge is 0.327 e. The van der Waals surface area contributed by atoms with Gasteiger partial charge in [-0.3, -0.25) is 0 Å². The second-order valence-electron chi connectivity index (χ2n) is 0.964. The smallest absolute Gasteiger partial charge is 0.198 e. The second kappa shape index (κ2) is 4.92. The van der Waals surface area contributed by atoms with Crippen LogP contribution in [0.4, 0.5) is 0 Å². The summed E-state index contributed by atoms with van der Waals surface area (Å²) in [6, 6.07) is 0. The standard InChI is InChI=1S/C3H8N2O2S/c4-2-1-3-8(6)7-5/h1,3H,2,4-5H2/b3-1+. The average Bonchev–Trinajstić information content (AvgIpc) is 1.83. The summed E-state index contributed by atoms with van der Waals surface area (Å²) in [6.45, 7) is 0.342. The van der Waals surface area contributed by atoms with Gasteiger partial charge in [0, 0.05) is 12.0 Å². The normalized spacial score (nSPS) is 14.8. The molecule has 0 saturated carbocycles. The summed E-state index contributed by atoms with van der Waals surface area (Å²) in [5.41, 5.74) is 5.01. The summed E-state index contributed by atoms with van der Waals surface area (Å²) in [5.74, 6) is 4.52. The molecule has 0 amide bonds. The Bertz CT molecular complexity index is 103. The van der Waals surface area contributed by atoms with Crippen LogP contribution >= 0.6 is 0 Å². The van der Waals surface area contributed by atoms with Crippen molar-refractivity contribution in [3.63, 3.8) is 0 Å². The van der Waals surface area contributed by atoms with Crippen LogP contribution in [0.15, 0.2) is 11.5 Å². The monoisotopic (exact) mass is 136 g/mol. The van der Waals surface area contributed by atoms with Crippen molar-refractivity contribution in [2.75, 3.05) is 6.54 Å². The van der Waals surface area contributed by atoms with E-state index in [2.05, 4.69) is 10.2 Å². The molecule has 0 aromatic rings. The first-order chi connectivity index (χ1) is 3.81. The summed E-state index contributed by atoms with van der Waals surface area (Å²) in [5, 5.41) is 1.28. The van der Waals surface area contributed by atoms with Gasteiger partial charge in [-0.25, -0.2) is 4.21 Å². The average molecular weight is 136 g/mol. The molecule has 4 N–H and O–H groups in total. The summed E-state index contributed by atoms with van der Waals surface area (Å²) < 4.78 is 14.1. The van der Waals surface area contributed by atoms with E-state index in [-0.39, 0.29) is 0 Å². The van der Waals surface area contributed by atoms with Crippen molar-refractivity contribution >= 4 is 11.1 Å². The molecule has 0 bridgehead atoms. The fourth-order valence-electron chi connectivity index (χ4n) is 0.166. The summed E-state index contributed by atoms with van der Waals surface area (Å²) in [6.07, 6.45) is 1.50. The third-order valence-corrected chi connectivity index (χ3v) is 1.04. The molecule has 0 saturated heterocycles. The zero-order chi connectivity index (χ0) is 6.41. The predicted molar refractivity (Wildman–Crippen MR) is 31.6 cm³/mol. The second-order valence-corrected chi connectivity index (χ2v) is 1.95. The van der Waals surface area contributed by atoms with Crippen LogP contribution in [0.5, 0.6) is 0 Å². The van der Waals surface area contributed by atoms with E-state index in [1.165, 1.54) is 11.5 Å². The highest BCUT2D eigenvalue weighted by atomic mass is 32.2. The molecule has 1 unspecified atom stereocenters. The molecule has 0 aromatic carbocycles. The third kappa shape index (κ3) is 3.94. The Hall–Kier alpha value is -0.230. The molecule has 0 fully saturated rings. The summed E-state index contributed by atoms with van der Waals surface area (Å²) in [4.78, 5) is 0. The number of nitrogens with two attached hydrogens (primary N) is 2. The molecule has 48 valence electrons. The van der Waals surface area contributed by atoms with Crippen LogP contribution in [0, 0.1) is 0 Å². The van der Waals surface area contributed by atoms with Crippen molar-refractivity contribution in [1.82, 2.24) is 0 Å². The fraction of sp³-hybridized carbons (Fsp3) is 0.333. The molecule has 8 heavy (non-hydrogen) atoms. The van der Waals surface area contributed by atoms with Crippen molar-refractivity contribution < 1.29 is 8.49 Å². The molecular formula is C3H8N2O2S. The van der Waals surface area contributed by atoms with Crippen LogP contribution in [-0.4, -0.2) is 10.8 Å². The van der Waals surface area contributed by atoms with E-state index in [0.29, 0.717) is 6.54 Å². The van der Waals surface area contributed by atoms with E-state index in [0.717, 1.165) is 0 Å². The van der Waals surface area contributed by atoms with Gasteiger partial charge >= 0.3 is 0 Å². The first-order valence-electron chi connectivity index (χ1n) is 1.95. The maximum absolute atomic E-state index is 10.2. The fourth-order valence-corrected chi connectivity index (χ4v) is 0.499. The van der Waals surface area contributed by atoms with Gasteiger partial charge in [0.15, 0.2) is 11.1 Å². The van der Waals surface area contributed by atoms with Crippen molar-refractivity contribution in [2.24, 2.45) is 11.6 Å². The van der Waals surface area contributed by atoms with Crippen molar-refractivity contribution in [3.05, 3.63) is 11.5 Å². The molecule has 0 aromatic heterocycles. The van der Waals surface area contributed by atoms with E-state index >= 15 is 0 Å². The van der Waals surface area contributed by atoms with Gasteiger partial charge in [0.05, 0.1) is 0 Å². The zero-order valence-electron chi connectivity index (χ0n) is 4.24. The van der Waals surface area contributed by atoms with E-state index in [4.69, 9.17) is 5.73 Å². The van der Waals surface area contributed by atoms with Gasteiger partial charge in [-0.05, 0) is 0 Å². The minimum absolute atomic E-state index is 0.342. The molecule has 0 rings (SSSR count). The zero-order valence-corrected chi connectivity index (χ0v) is 5.06. The van der Waals surface area contributed by atoms with Gasteiger partial charge in [-0.15, -0.1) is 0 Å².